The lowest BCUT2D eigenvalue weighted by atomic mass is 9.98. The minimum Gasteiger partial charge on any atom is -0.313 e. The normalized spacial score (nSPS) is 27.3. The zero-order valence-electron chi connectivity index (χ0n) is 13.2. The van der Waals surface area contributed by atoms with Crippen LogP contribution in [0.1, 0.15) is 52.9 Å². The molecule has 112 valence electrons. The van der Waals surface area contributed by atoms with Crippen LogP contribution in [0.5, 0.6) is 0 Å². The van der Waals surface area contributed by atoms with E-state index in [1.165, 1.54) is 64.8 Å². The van der Waals surface area contributed by atoms with Crippen molar-refractivity contribution in [1.82, 2.24) is 15.1 Å². The SMILES string of the molecule is CCN1CCC(N(CC2CCCCN2)C(C)C)CC1. The lowest BCUT2D eigenvalue weighted by Gasteiger charge is -2.42. The van der Waals surface area contributed by atoms with Gasteiger partial charge in [-0.05, 0) is 65.7 Å². The molecule has 0 spiro atoms. The summed E-state index contributed by atoms with van der Waals surface area (Å²) in [6, 6.07) is 2.23. The highest BCUT2D eigenvalue weighted by Crippen LogP contribution is 2.20. The summed E-state index contributed by atoms with van der Waals surface area (Å²) in [5.74, 6) is 0. The Morgan fingerprint density at radius 3 is 2.42 bits per heavy atom. The predicted octanol–water partition coefficient (Wildman–Crippen LogP) is 2.32. The van der Waals surface area contributed by atoms with Crippen molar-refractivity contribution in [2.45, 2.75) is 71.0 Å². The van der Waals surface area contributed by atoms with Crippen LogP contribution >= 0.6 is 0 Å². The second kappa shape index (κ2) is 7.61. The van der Waals surface area contributed by atoms with Crippen LogP contribution in [0.4, 0.5) is 0 Å². The van der Waals surface area contributed by atoms with Crippen molar-refractivity contribution in [2.75, 3.05) is 32.7 Å². The zero-order chi connectivity index (χ0) is 13.7. The van der Waals surface area contributed by atoms with Crippen molar-refractivity contribution in [3.05, 3.63) is 0 Å². The molecule has 0 saturated carbocycles. The third kappa shape index (κ3) is 4.44. The van der Waals surface area contributed by atoms with Crippen LogP contribution in [0, 0.1) is 0 Å². The number of piperidine rings is 2. The topological polar surface area (TPSA) is 18.5 Å². The molecule has 0 aromatic rings. The number of rotatable bonds is 5. The van der Waals surface area contributed by atoms with Gasteiger partial charge in [0, 0.05) is 24.7 Å². The maximum absolute atomic E-state index is 3.71. The standard InChI is InChI=1S/C16H33N3/c1-4-18-11-8-16(9-12-18)19(14(2)3)13-15-7-5-6-10-17-15/h14-17H,4-13H2,1-3H3. The van der Waals surface area contributed by atoms with E-state index >= 15 is 0 Å². The first-order valence-electron chi connectivity index (χ1n) is 8.42. The molecule has 2 aliphatic heterocycles. The first kappa shape index (κ1) is 15.3. The Morgan fingerprint density at radius 2 is 1.89 bits per heavy atom. The lowest BCUT2D eigenvalue weighted by Crippen LogP contribution is -2.52. The molecular weight excluding hydrogens is 234 g/mol. The van der Waals surface area contributed by atoms with Gasteiger partial charge in [-0.2, -0.15) is 0 Å². The minimum absolute atomic E-state index is 0.682. The molecule has 0 bridgehead atoms. The van der Waals surface area contributed by atoms with Gasteiger partial charge in [-0.3, -0.25) is 4.90 Å². The fourth-order valence-corrected chi connectivity index (χ4v) is 3.68. The molecule has 0 aromatic heterocycles. The molecule has 0 amide bonds. The van der Waals surface area contributed by atoms with Gasteiger partial charge in [0.2, 0.25) is 0 Å². The second-order valence-electron chi connectivity index (χ2n) is 6.60. The number of likely N-dealkylation sites (tertiary alicyclic amines) is 1. The van der Waals surface area contributed by atoms with Crippen LogP contribution in [0.25, 0.3) is 0 Å². The van der Waals surface area contributed by atoms with E-state index in [1.807, 2.05) is 0 Å². The third-order valence-electron chi connectivity index (χ3n) is 4.98. The Kier molecular flexibility index (Phi) is 6.11. The van der Waals surface area contributed by atoms with Crippen molar-refractivity contribution < 1.29 is 0 Å². The van der Waals surface area contributed by atoms with Crippen LogP contribution in [0.3, 0.4) is 0 Å². The Hall–Kier alpha value is -0.120. The quantitative estimate of drug-likeness (QED) is 0.825. The maximum Gasteiger partial charge on any atom is 0.0195 e. The molecule has 0 aliphatic carbocycles. The van der Waals surface area contributed by atoms with Gasteiger partial charge >= 0.3 is 0 Å². The number of hydrogen-bond acceptors (Lipinski definition) is 3. The van der Waals surface area contributed by atoms with Crippen molar-refractivity contribution >= 4 is 0 Å². The van der Waals surface area contributed by atoms with E-state index < -0.39 is 0 Å². The van der Waals surface area contributed by atoms with Gasteiger partial charge in [0.05, 0.1) is 0 Å². The molecule has 19 heavy (non-hydrogen) atoms. The van der Waals surface area contributed by atoms with Gasteiger partial charge in [0.25, 0.3) is 0 Å². The average Bonchev–Trinajstić information content (AvgIpc) is 2.46. The highest BCUT2D eigenvalue weighted by Gasteiger charge is 2.27. The predicted molar refractivity (Wildman–Crippen MR) is 82.6 cm³/mol. The largest absolute Gasteiger partial charge is 0.313 e. The van der Waals surface area contributed by atoms with E-state index in [-0.39, 0.29) is 0 Å². The summed E-state index contributed by atoms with van der Waals surface area (Å²) in [5.41, 5.74) is 0. The van der Waals surface area contributed by atoms with Crippen molar-refractivity contribution in [3.8, 4) is 0 Å². The summed E-state index contributed by atoms with van der Waals surface area (Å²) in [6.45, 7) is 13.3. The van der Waals surface area contributed by atoms with E-state index in [9.17, 15) is 0 Å². The van der Waals surface area contributed by atoms with Crippen LogP contribution < -0.4 is 5.32 Å². The Labute approximate surface area is 119 Å². The summed E-state index contributed by atoms with van der Waals surface area (Å²) >= 11 is 0. The van der Waals surface area contributed by atoms with E-state index in [4.69, 9.17) is 0 Å². The molecule has 1 N–H and O–H groups in total. The van der Waals surface area contributed by atoms with E-state index in [0.717, 1.165) is 12.1 Å². The van der Waals surface area contributed by atoms with E-state index in [1.54, 1.807) is 0 Å². The molecule has 3 heteroatoms. The molecule has 1 unspecified atom stereocenters. The number of nitrogens with zero attached hydrogens (tertiary/aromatic N) is 2. The van der Waals surface area contributed by atoms with E-state index in [2.05, 4.69) is 35.9 Å². The van der Waals surface area contributed by atoms with Gasteiger partial charge in [-0.15, -0.1) is 0 Å². The molecule has 3 nitrogen and oxygen atoms in total. The Balaban J connectivity index is 1.85. The van der Waals surface area contributed by atoms with Crippen LogP contribution in [0.2, 0.25) is 0 Å². The Bertz CT molecular complexity index is 240. The van der Waals surface area contributed by atoms with Gasteiger partial charge in [0.1, 0.15) is 0 Å². The average molecular weight is 267 g/mol. The first-order chi connectivity index (χ1) is 9.20. The van der Waals surface area contributed by atoms with Gasteiger partial charge in [-0.1, -0.05) is 13.3 Å². The number of hydrogen-bond donors (Lipinski definition) is 1. The molecule has 2 heterocycles. The number of nitrogens with one attached hydrogen (secondary N) is 1. The summed E-state index contributed by atoms with van der Waals surface area (Å²) in [4.78, 5) is 5.36. The molecule has 0 radical (unpaired) electrons. The van der Waals surface area contributed by atoms with Crippen LogP contribution in [-0.2, 0) is 0 Å². The fourth-order valence-electron chi connectivity index (χ4n) is 3.68. The summed E-state index contributed by atoms with van der Waals surface area (Å²) in [6.07, 6.45) is 6.87. The molecular formula is C16H33N3. The van der Waals surface area contributed by atoms with Gasteiger partial charge in [-0.25, -0.2) is 0 Å². The van der Waals surface area contributed by atoms with Gasteiger partial charge in [0.15, 0.2) is 0 Å². The smallest absolute Gasteiger partial charge is 0.0195 e. The molecule has 1 atom stereocenters. The van der Waals surface area contributed by atoms with E-state index in [0.29, 0.717) is 6.04 Å². The summed E-state index contributed by atoms with van der Waals surface area (Å²) in [7, 11) is 0. The van der Waals surface area contributed by atoms with Gasteiger partial charge < -0.3 is 10.2 Å². The maximum atomic E-state index is 3.71. The van der Waals surface area contributed by atoms with Crippen LogP contribution in [0.15, 0.2) is 0 Å². The highest BCUT2D eigenvalue weighted by atomic mass is 15.2. The molecule has 2 rings (SSSR count). The second-order valence-corrected chi connectivity index (χ2v) is 6.60. The molecule has 0 aromatic carbocycles. The highest BCUT2D eigenvalue weighted by molar-refractivity contribution is 4.85. The minimum atomic E-state index is 0.682. The van der Waals surface area contributed by atoms with Crippen molar-refractivity contribution in [2.24, 2.45) is 0 Å². The fraction of sp³-hybridized carbons (Fsp3) is 1.00. The summed E-state index contributed by atoms with van der Waals surface area (Å²) < 4.78 is 0. The third-order valence-corrected chi connectivity index (χ3v) is 4.98. The van der Waals surface area contributed by atoms with Crippen LogP contribution in [-0.4, -0.2) is 60.6 Å². The zero-order valence-corrected chi connectivity index (χ0v) is 13.2. The lowest BCUT2D eigenvalue weighted by molar-refractivity contribution is 0.0744. The molecule has 2 aliphatic rings. The van der Waals surface area contributed by atoms with Crippen molar-refractivity contribution in [1.29, 1.82) is 0 Å². The van der Waals surface area contributed by atoms with Crippen molar-refractivity contribution in [3.63, 3.8) is 0 Å². The summed E-state index contributed by atoms with van der Waals surface area (Å²) in [5, 5.41) is 3.71. The first-order valence-corrected chi connectivity index (χ1v) is 8.42. The Morgan fingerprint density at radius 1 is 1.16 bits per heavy atom. The molecule has 2 fully saturated rings. The monoisotopic (exact) mass is 267 g/mol. The molecule has 2 saturated heterocycles.